The molecule has 0 fully saturated rings. The average Bonchev–Trinajstić information content (AvgIpc) is 3.71. The lowest BCUT2D eigenvalue weighted by Gasteiger charge is -2.28. The molecule has 11 nitrogen and oxygen atoms in total. The van der Waals surface area contributed by atoms with Crippen LogP contribution in [0.5, 0.6) is 0 Å². The van der Waals surface area contributed by atoms with Crippen molar-refractivity contribution in [2.75, 3.05) is 42.1 Å². The van der Waals surface area contributed by atoms with E-state index >= 15 is 0 Å². The second-order valence-corrected chi connectivity index (χ2v) is 20.9. The average molecular weight is 795 g/mol. The number of hydrogen-bond donors (Lipinski definition) is 1. The minimum absolute atomic E-state index is 0.00460. The van der Waals surface area contributed by atoms with Gasteiger partial charge in [0.15, 0.2) is 5.82 Å². The Hall–Kier alpha value is -4.83. The van der Waals surface area contributed by atoms with Gasteiger partial charge in [0.25, 0.3) is 11.8 Å². The van der Waals surface area contributed by atoms with E-state index in [0.29, 0.717) is 39.7 Å². The second kappa shape index (κ2) is 14.1. The van der Waals surface area contributed by atoms with Crippen LogP contribution in [0.15, 0.2) is 72.9 Å². The molecule has 1 aliphatic heterocycles. The van der Waals surface area contributed by atoms with E-state index < -0.39 is 49.5 Å². The summed E-state index contributed by atoms with van der Waals surface area (Å²) in [6.45, 7) is 0.699. The normalized spacial score (nSPS) is 14.3. The van der Waals surface area contributed by atoms with E-state index in [-0.39, 0.29) is 46.4 Å². The van der Waals surface area contributed by atoms with Crippen molar-refractivity contribution in [1.29, 1.82) is 0 Å². The SMILES string of the molecule is Cn1nc(NS(C)(=O)=O)c2c(Cl)ccc(-c3cc4ccn(COCCS(C)(C)C)c4nc3C(Cc3cc(F)cc(F)c3)N3C(=O)c4ccccc4C3=O)c21. The van der Waals surface area contributed by atoms with E-state index in [0.717, 1.165) is 35.1 Å². The van der Waals surface area contributed by atoms with Crippen molar-refractivity contribution in [3.05, 3.63) is 112 Å². The maximum Gasteiger partial charge on any atom is 0.262 e. The monoisotopic (exact) mass is 794 g/mol. The third-order valence-corrected chi connectivity index (χ3v) is 11.4. The second-order valence-electron chi connectivity index (χ2n) is 14.1. The lowest BCUT2D eigenvalue weighted by molar-refractivity contribution is 0.0578. The van der Waals surface area contributed by atoms with Gasteiger partial charge in [0.05, 0.1) is 51.7 Å². The number of carbonyl (C=O) groups is 2. The Morgan fingerprint density at radius 2 is 1.56 bits per heavy atom. The molecule has 0 radical (unpaired) electrons. The van der Waals surface area contributed by atoms with E-state index in [1.54, 1.807) is 43.4 Å². The molecule has 54 heavy (non-hydrogen) atoms. The minimum Gasteiger partial charge on any atom is -0.360 e. The smallest absolute Gasteiger partial charge is 0.262 e. The molecule has 3 aromatic carbocycles. The van der Waals surface area contributed by atoms with Crippen LogP contribution >= 0.6 is 21.6 Å². The first-order valence-electron chi connectivity index (χ1n) is 16.8. The fourth-order valence-corrected chi connectivity index (χ4v) is 8.12. The van der Waals surface area contributed by atoms with Gasteiger partial charge in [0, 0.05) is 41.6 Å². The van der Waals surface area contributed by atoms with Gasteiger partial charge in [-0.1, -0.05) is 29.8 Å². The molecule has 1 aliphatic rings. The zero-order valence-electron chi connectivity index (χ0n) is 30.1. The molecule has 2 amide bonds. The summed E-state index contributed by atoms with van der Waals surface area (Å²) in [7, 11) is -2.93. The largest absolute Gasteiger partial charge is 0.360 e. The minimum atomic E-state index is -3.76. The summed E-state index contributed by atoms with van der Waals surface area (Å²) in [4.78, 5) is 34.6. The zero-order chi connectivity index (χ0) is 38.7. The van der Waals surface area contributed by atoms with Crippen LogP contribution in [0.1, 0.15) is 38.0 Å². The number of aromatic nitrogens is 4. The highest BCUT2D eigenvalue weighted by Gasteiger charge is 2.42. The standard InChI is InChI=1S/C38H37ClF2N6O5S2/c1-45-34-26(10-11-30(39)32(34)35(43-45)44-54(5,50)51)29-19-23-12-13-46(21-52-14-15-53(2,3)4)36(23)42-33(29)31(18-22-16-24(40)20-25(41)17-22)47-37(48)27-8-6-7-9-28(27)38(47)49/h6-13,16-17,19-20,31H,14-15,18,21H2,1-5H3,(H,43,44). The number of aryl methyl sites for hydroxylation is 1. The van der Waals surface area contributed by atoms with Gasteiger partial charge in [0.1, 0.15) is 24.0 Å². The quantitative estimate of drug-likeness (QED) is 0.103. The maximum atomic E-state index is 14.7. The summed E-state index contributed by atoms with van der Waals surface area (Å²) in [5.41, 5.74) is 2.67. The third-order valence-electron chi connectivity index (χ3n) is 9.15. The van der Waals surface area contributed by atoms with Gasteiger partial charge >= 0.3 is 0 Å². The number of hydrogen-bond acceptors (Lipinski definition) is 7. The van der Waals surface area contributed by atoms with Crippen molar-refractivity contribution in [2.45, 2.75) is 19.2 Å². The molecule has 0 saturated heterocycles. The number of nitrogens with one attached hydrogen (secondary N) is 1. The van der Waals surface area contributed by atoms with Gasteiger partial charge in [-0.05, 0) is 73.2 Å². The predicted molar refractivity (Wildman–Crippen MR) is 209 cm³/mol. The number of anilines is 1. The van der Waals surface area contributed by atoms with Gasteiger partial charge in [-0.15, -0.1) is 0 Å². The summed E-state index contributed by atoms with van der Waals surface area (Å²) in [6.07, 6.45) is 9.25. The van der Waals surface area contributed by atoms with Gasteiger partial charge in [-0.2, -0.15) is 5.10 Å². The van der Waals surface area contributed by atoms with Crippen LogP contribution in [0.2, 0.25) is 5.02 Å². The summed E-state index contributed by atoms with van der Waals surface area (Å²) < 4.78 is 65.9. The first-order chi connectivity index (χ1) is 25.5. The molecule has 282 valence electrons. The molecule has 0 saturated carbocycles. The molecule has 6 aromatic rings. The van der Waals surface area contributed by atoms with Gasteiger partial charge in [-0.3, -0.25) is 23.9 Å². The van der Waals surface area contributed by atoms with E-state index in [9.17, 15) is 26.8 Å². The first-order valence-corrected chi connectivity index (χ1v) is 22.1. The van der Waals surface area contributed by atoms with Crippen LogP contribution < -0.4 is 4.72 Å². The van der Waals surface area contributed by atoms with Crippen molar-refractivity contribution in [3.8, 4) is 11.1 Å². The number of ether oxygens (including phenoxy) is 1. The number of amides is 2. The number of rotatable bonds is 12. The van der Waals surface area contributed by atoms with Crippen molar-refractivity contribution < 1.29 is 31.5 Å². The molecular weight excluding hydrogens is 758 g/mol. The Kier molecular flexibility index (Phi) is 9.79. The molecule has 4 heterocycles. The number of halogens is 3. The van der Waals surface area contributed by atoms with E-state index in [4.69, 9.17) is 21.3 Å². The number of carbonyl (C=O) groups excluding carboxylic acids is 2. The van der Waals surface area contributed by atoms with Crippen LogP contribution in [0.25, 0.3) is 33.1 Å². The first kappa shape index (κ1) is 37.5. The summed E-state index contributed by atoms with van der Waals surface area (Å²) in [5, 5.41) is 5.66. The Labute approximate surface area is 317 Å². The fraction of sp³-hybridized carbons (Fsp3) is 0.263. The van der Waals surface area contributed by atoms with Crippen molar-refractivity contribution in [2.24, 2.45) is 7.05 Å². The predicted octanol–water partition coefficient (Wildman–Crippen LogP) is 7.14. The Bertz CT molecular complexity index is 2550. The summed E-state index contributed by atoms with van der Waals surface area (Å²) in [5.74, 6) is -1.92. The van der Waals surface area contributed by atoms with Crippen LogP contribution in [0.4, 0.5) is 14.6 Å². The highest BCUT2D eigenvalue weighted by molar-refractivity contribution is 8.32. The summed E-state index contributed by atoms with van der Waals surface area (Å²) >= 11 is 6.70. The maximum absolute atomic E-state index is 14.7. The number of imide groups is 1. The van der Waals surface area contributed by atoms with Crippen molar-refractivity contribution in [1.82, 2.24) is 24.2 Å². The van der Waals surface area contributed by atoms with Crippen LogP contribution in [0.3, 0.4) is 0 Å². The molecule has 3 aromatic heterocycles. The number of benzene rings is 3. The van der Waals surface area contributed by atoms with Crippen LogP contribution in [-0.4, -0.2) is 81.8 Å². The molecule has 0 spiro atoms. The lowest BCUT2D eigenvalue weighted by atomic mass is 9.92. The highest BCUT2D eigenvalue weighted by atomic mass is 35.5. The lowest BCUT2D eigenvalue weighted by Crippen LogP contribution is -2.36. The Morgan fingerprint density at radius 3 is 2.19 bits per heavy atom. The number of sulfonamides is 1. The van der Waals surface area contributed by atoms with Crippen LogP contribution in [-0.2, 0) is 35.0 Å². The van der Waals surface area contributed by atoms with E-state index in [2.05, 4.69) is 28.6 Å². The van der Waals surface area contributed by atoms with Crippen LogP contribution in [0, 0.1) is 11.6 Å². The summed E-state index contributed by atoms with van der Waals surface area (Å²) in [6, 6.07) is 15.3. The number of fused-ring (bicyclic) bond motifs is 3. The molecule has 1 N–H and O–H groups in total. The third kappa shape index (κ3) is 7.32. The molecule has 16 heteroatoms. The van der Waals surface area contributed by atoms with Crippen molar-refractivity contribution in [3.63, 3.8) is 0 Å². The highest BCUT2D eigenvalue weighted by Crippen LogP contribution is 2.43. The molecule has 1 unspecified atom stereocenters. The van der Waals surface area contributed by atoms with Crippen molar-refractivity contribution >= 4 is 71.2 Å². The van der Waals surface area contributed by atoms with E-state index in [1.165, 1.54) is 4.68 Å². The molecule has 7 rings (SSSR count). The Morgan fingerprint density at radius 1 is 0.889 bits per heavy atom. The zero-order valence-corrected chi connectivity index (χ0v) is 32.5. The molecule has 0 bridgehead atoms. The van der Waals surface area contributed by atoms with Gasteiger partial charge in [-0.25, -0.2) is 32.2 Å². The topological polar surface area (TPSA) is 128 Å². The molecule has 0 aliphatic carbocycles. The van der Waals surface area contributed by atoms with E-state index in [1.807, 2.05) is 22.9 Å². The number of pyridine rings is 1. The fourth-order valence-electron chi connectivity index (χ4n) is 6.77. The van der Waals surface area contributed by atoms with Gasteiger partial charge < -0.3 is 9.30 Å². The molecular formula is C38H37ClF2N6O5S2. The molecule has 1 atom stereocenters. The Balaban J connectivity index is 1.48. The number of nitrogens with zero attached hydrogens (tertiary/aromatic N) is 5. The van der Waals surface area contributed by atoms with Gasteiger partial charge in [0.2, 0.25) is 10.0 Å².